The van der Waals surface area contributed by atoms with Gasteiger partial charge < -0.3 is 14.0 Å². The topological polar surface area (TPSA) is 108 Å². The van der Waals surface area contributed by atoms with Gasteiger partial charge >= 0.3 is 11.9 Å². The molecule has 31 heavy (non-hydrogen) atoms. The molecule has 1 N–H and O–H groups in total. The van der Waals surface area contributed by atoms with Gasteiger partial charge in [0.05, 0.1) is 5.56 Å². The van der Waals surface area contributed by atoms with E-state index in [2.05, 4.69) is 9.82 Å². The zero-order chi connectivity index (χ0) is 22.0. The smallest absolute Gasteiger partial charge is 0.368 e. The van der Waals surface area contributed by atoms with Crippen LogP contribution < -0.4 is 5.48 Å². The summed E-state index contributed by atoms with van der Waals surface area (Å²) in [7, 11) is 0. The summed E-state index contributed by atoms with van der Waals surface area (Å²) < 4.78 is 11.3. The Hall–Kier alpha value is -4.20. The molecule has 1 aromatic heterocycles. The average Bonchev–Trinajstić information content (AvgIpc) is 3.32. The molecule has 0 spiro atoms. The van der Waals surface area contributed by atoms with Crippen molar-refractivity contribution in [2.24, 2.45) is 0 Å². The van der Waals surface area contributed by atoms with E-state index in [0.717, 1.165) is 5.56 Å². The number of benzene rings is 2. The van der Waals surface area contributed by atoms with E-state index in [0.29, 0.717) is 28.5 Å². The maximum Gasteiger partial charge on any atom is 0.368 e. The molecular weight excluding hydrogens is 400 g/mol. The Morgan fingerprint density at radius 2 is 1.81 bits per heavy atom. The highest BCUT2D eigenvalue weighted by atomic mass is 16.7. The lowest BCUT2D eigenvalue weighted by molar-refractivity contribution is -0.143. The monoisotopic (exact) mass is 418 g/mol. The van der Waals surface area contributed by atoms with Crippen molar-refractivity contribution in [2.75, 3.05) is 0 Å². The molecule has 1 fully saturated rings. The first-order valence-electron chi connectivity index (χ1n) is 9.49. The van der Waals surface area contributed by atoms with Crippen molar-refractivity contribution in [3.8, 4) is 11.5 Å². The number of rotatable bonds is 5. The molecule has 4 rings (SSSR count). The van der Waals surface area contributed by atoms with Crippen molar-refractivity contribution in [3.63, 3.8) is 0 Å². The standard InChI is InChI=1S/C23H18N2O6/c1-13-19(24-21(29-13)16-6-4-3-5-7-16)14(2)30-22(27)17-10-8-15(9-11-17)12-18-20(26)25-31-23(18)28/h3-12,14H,1-2H3,(H,25,26)/b18-12-. The third kappa shape index (κ3) is 4.23. The number of hydrogen-bond donors (Lipinski definition) is 1. The van der Waals surface area contributed by atoms with E-state index in [4.69, 9.17) is 9.15 Å². The van der Waals surface area contributed by atoms with Crippen molar-refractivity contribution in [1.82, 2.24) is 10.5 Å². The Morgan fingerprint density at radius 1 is 1.10 bits per heavy atom. The van der Waals surface area contributed by atoms with E-state index in [1.807, 2.05) is 35.8 Å². The summed E-state index contributed by atoms with van der Waals surface area (Å²) in [6.45, 7) is 3.49. The van der Waals surface area contributed by atoms with Crippen LogP contribution >= 0.6 is 0 Å². The van der Waals surface area contributed by atoms with E-state index >= 15 is 0 Å². The number of hydrogen-bond acceptors (Lipinski definition) is 7. The van der Waals surface area contributed by atoms with E-state index in [-0.39, 0.29) is 5.57 Å². The highest BCUT2D eigenvalue weighted by Gasteiger charge is 2.28. The third-order valence-electron chi connectivity index (χ3n) is 4.68. The number of carbonyl (C=O) groups excluding carboxylic acids is 3. The molecule has 1 aliphatic rings. The fourth-order valence-electron chi connectivity index (χ4n) is 3.08. The van der Waals surface area contributed by atoms with Crippen molar-refractivity contribution in [2.45, 2.75) is 20.0 Å². The summed E-state index contributed by atoms with van der Waals surface area (Å²) in [5, 5.41) is 0. The van der Waals surface area contributed by atoms with Gasteiger partial charge in [-0.2, -0.15) is 5.48 Å². The number of amides is 1. The van der Waals surface area contributed by atoms with Gasteiger partial charge in [0.1, 0.15) is 23.1 Å². The number of nitrogens with one attached hydrogen (secondary N) is 1. The van der Waals surface area contributed by atoms with Crippen LogP contribution in [0.4, 0.5) is 0 Å². The number of nitrogens with zero attached hydrogens (tertiary/aromatic N) is 1. The van der Waals surface area contributed by atoms with Gasteiger partial charge in [0, 0.05) is 5.56 Å². The first-order valence-corrected chi connectivity index (χ1v) is 9.49. The maximum atomic E-state index is 12.5. The lowest BCUT2D eigenvalue weighted by atomic mass is 10.1. The van der Waals surface area contributed by atoms with Crippen LogP contribution in [0.3, 0.4) is 0 Å². The average molecular weight is 418 g/mol. The number of oxazole rings is 1. The van der Waals surface area contributed by atoms with Gasteiger partial charge in [-0.15, -0.1) is 0 Å². The lowest BCUT2D eigenvalue weighted by Gasteiger charge is -2.11. The van der Waals surface area contributed by atoms with Gasteiger partial charge in [-0.3, -0.25) is 4.79 Å². The number of aromatic nitrogens is 1. The molecule has 0 bridgehead atoms. The zero-order valence-corrected chi connectivity index (χ0v) is 16.7. The number of aryl methyl sites for hydroxylation is 1. The number of ether oxygens (including phenoxy) is 1. The van der Waals surface area contributed by atoms with Gasteiger partial charge in [0.15, 0.2) is 0 Å². The van der Waals surface area contributed by atoms with Crippen LogP contribution in [0, 0.1) is 6.92 Å². The molecule has 0 radical (unpaired) electrons. The number of hydroxylamine groups is 1. The third-order valence-corrected chi connectivity index (χ3v) is 4.68. The quantitative estimate of drug-likeness (QED) is 0.384. The van der Waals surface area contributed by atoms with E-state index in [1.165, 1.54) is 6.08 Å². The molecule has 8 nitrogen and oxygen atoms in total. The summed E-state index contributed by atoms with van der Waals surface area (Å²) in [6, 6.07) is 15.7. The van der Waals surface area contributed by atoms with Gasteiger partial charge in [0.2, 0.25) is 5.89 Å². The Balaban J connectivity index is 1.46. The summed E-state index contributed by atoms with van der Waals surface area (Å²) in [6.07, 6.45) is 0.763. The Bertz CT molecular complexity index is 1160. The highest BCUT2D eigenvalue weighted by Crippen LogP contribution is 2.27. The van der Waals surface area contributed by atoms with Gasteiger partial charge in [-0.05, 0) is 49.8 Å². The van der Waals surface area contributed by atoms with Crippen molar-refractivity contribution in [3.05, 3.63) is 82.8 Å². The fraction of sp³-hybridized carbons (Fsp3) is 0.130. The van der Waals surface area contributed by atoms with Crippen LogP contribution in [0.5, 0.6) is 0 Å². The molecule has 2 heterocycles. The Labute approximate surface area is 177 Å². The van der Waals surface area contributed by atoms with Gasteiger partial charge in [-0.25, -0.2) is 14.6 Å². The molecule has 0 saturated carbocycles. The molecule has 1 atom stereocenters. The van der Waals surface area contributed by atoms with Gasteiger partial charge in [0.25, 0.3) is 5.91 Å². The predicted molar refractivity (Wildman–Crippen MR) is 109 cm³/mol. The number of carbonyl (C=O) groups is 3. The zero-order valence-electron chi connectivity index (χ0n) is 16.7. The second-order valence-electron chi connectivity index (χ2n) is 6.87. The van der Waals surface area contributed by atoms with Crippen LogP contribution in [0.25, 0.3) is 17.5 Å². The van der Waals surface area contributed by atoms with Gasteiger partial charge in [-0.1, -0.05) is 30.3 Å². The molecule has 0 aliphatic carbocycles. The first kappa shape index (κ1) is 20.1. The molecule has 1 aliphatic heterocycles. The second kappa shape index (κ2) is 8.27. The highest BCUT2D eigenvalue weighted by molar-refractivity contribution is 6.22. The first-order chi connectivity index (χ1) is 14.9. The van der Waals surface area contributed by atoms with Crippen molar-refractivity contribution in [1.29, 1.82) is 0 Å². The van der Waals surface area contributed by atoms with Crippen molar-refractivity contribution < 1.29 is 28.4 Å². The SMILES string of the molecule is Cc1oc(-c2ccccc2)nc1C(C)OC(=O)c1ccc(/C=C2/C(=O)NOC2=O)cc1. The summed E-state index contributed by atoms with van der Waals surface area (Å²) in [5.74, 6) is -0.862. The van der Waals surface area contributed by atoms with E-state index < -0.39 is 23.9 Å². The molecular formula is C23H18N2O6. The fourth-order valence-corrected chi connectivity index (χ4v) is 3.08. The minimum absolute atomic E-state index is 0.111. The summed E-state index contributed by atoms with van der Waals surface area (Å²) in [4.78, 5) is 44.5. The second-order valence-corrected chi connectivity index (χ2v) is 6.87. The molecule has 3 aromatic rings. The molecule has 1 unspecified atom stereocenters. The molecule has 156 valence electrons. The Morgan fingerprint density at radius 3 is 2.45 bits per heavy atom. The molecule has 1 saturated heterocycles. The summed E-state index contributed by atoms with van der Waals surface area (Å²) in [5.41, 5.74) is 4.12. The number of esters is 1. The van der Waals surface area contributed by atoms with Crippen LogP contribution in [0.2, 0.25) is 0 Å². The molecule has 1 amide bonds. The van der Waals surface area contributed by atoms with Crippen LogP contribution in [0.1, 0.15) is 40.4 Å². The normalized spacial score (nSPS) is 15.5. The van der Waals surface area contributed by atoms with Crippen molar-refractivity contribution >= 4 is 23.9 Å². The van der Waals surface area contributed by atoms with E-state index in [1.54, 1.807) is 38.1 Å². The minimum atomic E-state index is -0.750. The molecule has 8 heteroatoms. The van der Waals surface area contributed by atoms with Crippen LogP contribution in [0.15, 0.2) is 64.6 Å². The lowest BCUT2D eigenvalue weighted by Crippen LogP contribution is -2.12. The predicted octanol–water partition coefficient (Wildman–Crippen LogP) is 3.54. The van der Waals surface area contributed by atoms with E-state index in [9.17, 15) is 14.4 Å². The van der Waals surface area contributed by atoms with Crippen LogP contribution in [-0.2, 0) is 19.2 Å². The minimum Gasteiger partial charge on any atom is -0.452 e. The summed E-state index contributed by atoms with van der Waals surface area (Å²) >= 11 is 0. The molecule has 2 aromatic carbocycles. The Kier molecular flexibility index (Phi) is 5.36. The largest absolute Gasteiger partial charge is 0.452 e. The maximum absolute atomic E-state index is 12.5. The van der Waals surface area contributed by atoms with Crippen LogP contribution in [-0.4, -0.2) is 22.8 Å².